The van der Waals surface area contributed by atoms with Gasteiger partial charge in [-0.3, -0.25) is 4.79 Å². The predicted molar refractivity (Wildman–Crippen MR) is 48.0 cm³/mol. The van der Waals surface area contributed by atoms with Crippen LogP contribution < -0.4 is 11.1 Å². The number of rotatable bonds is 5. The molecule has 1 rings (SSSR count). The van der Waals surface area contributed by atoms with Gasteiger partial charge in [0.25, 0.3) is 0 Å². The van der Waals surface area contributed by atoms with Gasteiger partial charge in [-0.25, -0.2) is 4.68 Å². The zero-order chi connectivity index (χ0) is 10.4. The fraction of sp³-hybridized carbons (Fsp3) is 0.571. The molecule has 7 heteroatoms. The van der Waals surface area contributed by atoms with Crippen LogP contribution in [0.5, 0.6) is 0 Å². The molecule has 0 atom stereocenters. The van der Waals surface area contributed by atoms with Gasteiger partial charge in [0, 0.05) is 0 Å². The molecule has 78 valence electrons. The molecule has 1 amide bonds. The average Bonchev–Trinajstić information content (AvgIpc) is 2.63. The Morgan fingerprint density at radius 1 is 1.71 bits per heavy atom. The van der Waals surface area contributed by atoms with E-state index in [1.807, 2.05) is 0 Å². The van der Waals surface area contributed by atoms with Gasteiger partial charge in [0.2, 0.25) is 5.91 Å². The molecule has 14 heavy (non-hydrogen) atoms. The number of nitrogens with zero attached hydrogens (tertiary/aromatic N) is 3. The monoisotopic (exact) mass is 199 g/mol. The first kappa shape index (κ1) is 10.6. The first-order chi connectivity index (χ1) is 6.76. The topological polar surface area (TPSA) is 106 Å². The second kappa shape index (κ2) is 5.30. The van der Waals surface area contributed by atoms with Crippen LogP contribution in [-0.4, -0.2) is 39.2 Å². The molecule has 1 heterocycles. The molecule has 0 aliphatic rings. The Labute approximate surface area is 80.9 Å². The van der Waals surface area contributed by atoms with Crippen molar-refractivity contribution in [2.24, 2.45) is 5.73 Å². The maximum Gasteiger partial charge on any atom is 0.234 e. The summed E-state index contributed by atoms with van der Waals surface area (Å²) >= 11 is 0. The third kappa shape index (κ3) is 3.11. The molecule has 0 saturated carbocycles. The lowest BCUT2D eigenvalue weighted by atomic mass is 10.4. The minimum atomic E-state index is -0.235. The van der Waals surface area contributed by atoms with Gasteiger partial charge in [0.1, 0.15) is 5.69 Å². The van der Waals surface area contributed by atoms with E-state index < -0.39 is 0 Å². The third-order valence-electron chi connectivity index (χ3n) is 1.57. The van der Waals surface area contributed by atoms with Crippen molar-refractivity contribution < 1.29 is 9.90 Å². The quantitative estimate of drug-likeness (QED) is 0.501. The number of amides is 1. The molecule has 0 saturated heterocycles. The summed E-state index contributed by atoms with van der Waals surface area (Å²) in [4.78, 5) is 10.8. The molecule has 0 aromatic carbocycles. The van der Waals surface area contributed by atoms with Crippen molar-refractivity contribution in [2.75, 3.05) is 13.2 Å². The van der Waals surface area contributed by atoms with Crippen molar-refractivity contribution in [2.45, 2.75) is 13.1 Å². The van der Waals surface area contributed by atoms with Crippen LogP contribution in [0.1, 0.15) is 5.69 Å². The summed E-state index contributed by atoms with van der Waals surface area (Å²) in [6.45, 7) is 0.683. The lowest BCUT2D eigenvalue weighted by Gasteiger charge is -1.98. The van der Waals surface area contributed by atoms with E-state index in [-0.39, 0.29) is 19.1 Å². The summed E-state index contributed by atoms with van der Waals surface area (Å²) in [5.74, 6) is -0.235. The van der Waals surface area contributed by atoms with E-state index in [4.69, 9.17) is 10.8 Å². The highest BCUT2D eigenvalue weighted by Crippen LogP contribution is 1.91. The van der Waals surface area contributed by atoms with Crippen LogP contribution in [0.2, 0.25) is 0 Å². The van der Waals surface area contributed by atoms with E-state index >= 15 is 0 Å². The summed E-state index contributed by atoms with van der Waals surface area (Å²) in [6.07, 6.45) is 1.66. The molecule has 0 fully saturated rings. The first-order valence-corrected chi connectivity index (χ1v) is 4.23. The second-order valence-electron chi connectivity index (χ2n) is 2.68. The van der Waals surface area contributed by atoms with Gasteiger partial charge in [-0.05, 0) is 0 Å². The van der Waals surface area contributed by atoms with Crippen molar-refractivity contribution >= 4 is 5.91 Å². The van der Waals surface area contributed by atoms with E-state index in [1.165, 1.54) is 4.68 Å². The van der Waals surface area contributed by atoms with Gasteiger partial charge in [-0.15, -0.1) is 5.10 Å². The van der Waals surface area contributed by atoms with Crippen LogP contribution in [0.4, 0.5) is 0 Å². The SMILES string of the molecule is NCC(=O)NCc1cn(CCO)nn1. The fourth-order valence-electron chi connectivity index (χ4n) is 0.893. The van der Waals surface area contributed by atoms with E-state index in [0.717, 1.165) is 0 Å². The van der Waals surface area contributed by atoms with Crippen LogP contribution in [0.15, 0.2) is 6.20 Å². The van der Waals surface area contributed by atoms with Gasteiger partial charge in [0.05, 0.1) is 32.4 Å². The Bertz CT molecular complexity index is 298. The Morgan fingerprint density at radius 2 is 2.50 bits per heavy atom. The van der Waals surface area contributed by atoms with Crippen molar-refractivity contribution in [1.29, 1.82) is 0 Å². The summed E-state index contributed by atoms with van der Waals surface area (Å²) in [6, 6.07) is 0. The van der Waals surface area contributed by atoms with E-state index in [2.05, 4.69) is 15.6 Å². The number of carbonyl (C=O) groups excluding carboxylic acids is 1. The second-order valence-corrected chi connectivity index (χ2v) is 2.68. The Morgan fingerprint density at radius 3 is 3.14 bits per heavy atom. The highest BCUT2D eigenvalue weighted by molar-refractivity contribution is 5.77. The summed E-state index contributed by atoms with van der Waals surface area (Å²) < 4.78 is 1.50. The maximum absolute atomic E-state index is 10.8. The zero-order valence-electron chi connectivity index (χ0n) is 7.68. The number of hydrogen-bond donors (Lipinski definition) is 3. The van der Waals surface area contributed by atoms with Crippen LogP contribution in [-0.2, 0) is 17.9 Å². The van der Waals surface area contributed by atoms with E-state index in [0.29, 0.717) is 18.8 Å². The largest absolute Gasteiger partial charge is 0.394 e. The number of aromatic nitrogens is 3. The maximum atomic E-state index is 10.8. The van der Waals surface area contributed by atoms with Crippen LogP contribution in [0, 0.1) is 0 Å². The summed E-state index contributed by atoms with van der Waals surface area (Å²) in [5.41, 5.74) is 5.74. The molecule has 1 aromatic rings. The fourth-order valence-corrected chi connectivity index (χ4v) is 0.893. The van der Waals surface area contributed by atoms with E-state index in [1.54, 1.807) is 6.20 Å². The number of nitrogens with two attached hydrogens (primary N) is 1. The molecule has 7 nitrogen and oxygen atoms in total. The molecular formula is C7H13N5O2. The van der Waals surface area contributed by atoms with Crippen LogP contribution >= 0.6 is 0 Å². The smallest absolute Gasteiger partial charge is 0.234 e. The van der Waals surface area contributed by atoms with E-state index in [9.17, 15) is 4.79 Å². The standard InChI is InChI=1S/C7H13N5O2/c8-3-7(14)9-4-6-5-12(1-2-13)11-10-6/h5,13H,1-4,8H2,(H,9,14). The molecule has 1 aromatic heterocycles. The molecule has 0 aliphatic carbocycles. The van der Waals surface area contributed by atoms with Crippen molar-refractivity contribution in [1.82, 2.24) is 20.3 Å². The van der Waals surface area contributed by atoms with Gasteiger partial charge < -0.3 is 16.2 Å². The van der Waals surface area contributed by atoms with Crippen molar-refractivity contribution in [3.8, 4) is 0 Å². The Hall–Kier alpha value is -1.47. The molecule has 0 unspecified atom stereocenters. The Kier molecular flexibility index (Phi) is 4.02. The zero-order valence-corrected chi connectivity index (χ0v) is 7.68. The summed E-state index contributed by atoms with van der Waals surface area (Å²) in [7, 11) is 0. The lowest BCUT2D eigenvalue weighted by molar-refractivity contribution is -0.119. The third-order valence-corrected chi connectivity index (χ3v) is 1.57. The highest BCUT2D eigenvalue weighted by atomic mass is 16.3. The average molecular weight is 199 g/mol. The number of hydrogen-bond acceptors (Lipinski definition) is 5. The highest BCUT2D eigenvalue weighted by Gasteiger charge is 2.01. The molecule has 4 N–H and O–H groups in total. The number of aliphatic hydroxyl groups excluding tert-OH is 1. The van der Waals surface area contributed by atoms with Gasteiger partial charge in [-0.1, -0.05) is 5.21 Å². The number of aliphatic hydroxyl groups is 1. The number of carbonyl (C=O) groups is 1. The van der Waals surface area contributed by atoms with Gasteiger partial charge >= 0.3 is 0 Å². The molecule has 0 aliphatic heterocycles. The van der Waals surface area contributed by atoms with Gasteiger partial charge in [-0.2, -0.15) is 0 Å². The van der Waals surface area contributed by atoms with Crippen molar-refractivity contribution in [3.63, 3.8) is 0 Å². The predicted octanol–water partition coefficient (Wildman–Crippen LogP) is -2.15. The molecule has 0 bridgehead atoms. The Balaban J connectivity index is 2.39. The van der Waals surface area contributed by atoms with Crippen LogP contribution in [0.3, 0.4) is 0 Å². The summed E-state index contributed by atoms with van der Waals surface area (Å²) in [5, 5.41) is 18.7. The van der Waals surface area contributed by atoms with Crippen LogP contribution in [0.25, 0.3) is 0 Å². The molecule has 0 radical (unpaired) electrons. The molecular weight excluding hydrogens is 186 g/mol. The molecule has 0 spiro atoms. The first-order valence-electron chi connectivity index (χ1n) is 4.23. The number of nitrogens with one attached hydrogen (secondary N) is 1. The lowest BCUT2D eigenvalue weighted by Crippen LogP contribution is -2.29. The van der Waals surface area contributed by atoms with Gasteiger partial charge in [0.15, 0.2) is 0 Å². The normalized spacial score (nSPS) is 10.1. The van der Waals surface area contributed by atoms with Crippen molar-refractivity contribution in [3.05, 3.63) is 11.9 Å². The minimum Gasteiger partial charge on any atom is -0.394 e. The minimum absolute atomic E-state index is 0.0119.